The van der Waals surface area contributed by atoms with Crippen LogP contribution in [0.3, 0.4) is 0 Å². The van der Waals surface area contributed by atoms with Crippen molar-refractivity contribution in [2.45, 2.75) is 53.0 Å². The number of carbonyl (C=O) groups is 1. The van der Waals surface area contributed by atoms with Gasteiger partial charge in [-0.05, 0) is 48.6 Å². The molecule has 1 aromatic rings. The Morgan fingerprint density at radius 2 is 1.66 bits per heavy atom. The summed E-state index contributed by atoms with van der Waals surface area (Å²) in [5, 5.41) is 3.00. The molecule has 2 saturated heterocycles. The fraction of sp³-hybridized carbons (Fsp3) is 0.682. The van der Waals surface area contributed by atoms with Gasteiger partial charge in [-0.3, -0.25) is 4.79 Å². The first-order valence-corrected chi connectivity index (χ1v) is 12.3. The van der Waals surface area contributed by atoms with Crippen molar-refractivity contribution in [1.82, 2.24) is 13.9 Å². The van der Waals surface area contributed by atoms with Gasteiger partial charge in [0.05, 0.1) is 5.92 Å². The molecule has 0 bridgehead atoms. The molecular formula is C22H35N3O3S. The number of amides is 1. The number of piperidine rings is 2. The Bertz CT molecular complexity index is 784. The van der Waals surface area contributed by atoms with Gasteiger partial charge in [0.2, 0.25) is 5.91 Å². The first-order valence-electron chi connectivity index (χ1n) is 10.9. The minimum atomic E-state index is -3.51. The maximum Gasteiger partial charge on any atom is 0.282 e. The third kappa shape index (κ3) is 5.58. The van der Waals surface area contributed by atoms with Gasteiger partial charge in [-0.15, -0.1) is 0 Å². The highest BCUT2D eigenvalue weighted by Crippen LogP contribution is 2.27. The summed E-state index contributed by atoms with van der Waals surface area (Å²) in [6.45, 7) is 8.75. The number of aryl methyl sites for hydroxylation is 1. The number of hydrogen-bond donors (Lipinski definition) is 1. The predicted octanol–water partition coefficient (Wildman–Crippen LogP) is 2.80. The lowest BCUT2D eigenvalue weighted by atomic mass is 9.94. The van der Waals surface area contributed by atoms with Crippen molar-refractivity contribution in [3.63, 3.8) is 0 Å². The van der Waals surface area contributed by atoms with E-state index in [2.05, 4.69) is 38.2 Å². The summed E-state index contributed by atoms with van der Waals surface area (Å²) in [6.07, 6.45) is 3.52. The second-order valence-electron chi connectivity index (χ2n) is 8.86. The average molecular weight is 422 g/mol. The van der Waals surface area contributed by atoms with E-state index < -0.39 is 10.2 Å². The zero-order valence-corrected chi connectivity index (χ0v) is 18.7. The smallest absolute Gasteiger partial charge is 0.282 e. The second kappa shape index (κ2) is 9.58. The molecule has 1 N–H and O–H groups in total. The molecule has 3 rings (SSSR count). The van der Waals surface area contributed by atoms with Crippen molar-refractivity contribution in [1.29, 1.82) is 0 Å². The second-order valence-corrected chi connectivity index (χ2v) is 10.8. The molecule has 1 amide bonds. The Kier molecular flexibility index (Phi) is 7.35. The van der Waals surface area contributed by atoms with E-state index in [9.17, 15) is 13.2 Å². The van der Waals surface area contributed by atoms with Crippen molar-refractivity contribution in [2.24, 2.45) is 17.8 Å². The summed E-state index contributed by atoms with van der Waals surface area (Å²) >= 11 is 0. The summed E-state index contributed by atoms with van der Waals surface area (Å²) < 4.78 is 29.5. The molecule has 0 saturated carbocycles. The van der Waals surface area contributed by atoms with Gasteiger partial charge in [-0.2, -0.15) is 17.0 Å². The van der Waals surface area contributed by atoms with E-state index in [1.807, 2.05) is 12.1 Å². The average Bonchev–Trinajstić information content (AvgIpc) is 2.71. The number of rotatable bonds is 6. The third-order valence-corrected chi connectivity index (χ3v) is 8.08. The molecule has 6 nitrogen and oxygen atoms in total. The first-order chi connectivity index (χ1) is 13.8. The normalized spacial score (nSPS) is 26.9. The van der Waals surface area contributed by atoms with E-state index in [1.54, 1.807) is 4.31 Å². The van der Waals surface area contributed by atoms with Crippen molar-refractivity contribution >= 4 is 16.1 Å². The number of nitrogens with one attached hydrogen (secondary N) is 1. The van der Waals surface area contributed by atoms with E-state index in [-0.39, 0.29) is 18.4 Å². The van der Waals surface area contributed by atoms with Gasteiger partial charge < -0.3 is 5.32 Å². The van der Waals surface area contributed by atoms with Crippen LogP contribution in [0.5, 0.6) is 0 Å². The quantitative estimate of drug-likeness (QED) is 0.768. The summed E-state index contributed by atoms with van der Waals surface area (Å²) in [7, 11) is -3.51. The predicted molar refractivity (Wildman–Crippen MR) is 115 cm³/mol. The summed E-state index contributed by atoms with van der Waals surface area (Å²) in [5.41, 5.74) is 2.33. The van der Waals surface area contributed by atoms with Crippen LogP contribution in [-0.2, 0) is 28.0 Å². The molecule has 2 heterocycles. The van der Waals surface area contributed by atoms with Crippen molar-refractivity contribution in [3.05, 3.63) is 35.4 Å². The first kappa shape index (κ1) is 22.2. The standard InChI is InChI=1S/C22H35N3O3S/c1-4-19-7-9-20(10-8-19)13-23-22(26)21-6-5-11-24(16-21)29(27,28)25-14-17(2)12-18(3)15-25/h7-10,17-18,21H,4-6,11-16H2,1-3H3,(H,23,26)/t17-,18-,21+/m0/s1. The summed E-state index contributed by atoms with van der Waals surface area (Å²) in [6, 6.07) is 8.24. The van der Waals surface area contributed by atoms with Crippen LogP contribution >= 0.6 is 0 Å². The van der Waals surface area contributed by atoms with Gasteiger partial charge in [-0.25, -0.2) is 0 Å². The zero-order chi connectivity index (χ0) is 21.0. The fourth-order valence-corrected chi connectivity index (χ4v) is 6.49. The van der Waals surface area contributed by atoms with Crippen molar-refractivity contribution in [2.75, 3.05) is 26.2 Å². The molecule has 0 spiro atoms. The fourth-order valence-electron chi connectivity index (χ4n) is 4.55. The van der Waals surface area contributed by atoms with Crippen LogP contribution in [0.4, 0.5) is 0 Å². The lowest BCUT2D eigenvalue weighted by molar-refractivity contribution is -0.126. The molecule has 7 heteroatoms. The molecule has 0 aliphatic carbocycles. The van der Waals surface area contributed by atoms with Gasteiger partial charge in [-0.1, -0.05) is 45.0 Å². The summed E-state index contributed by atoms with van der Waals surface area (Å²) in [5.74, 6) is 0.408. The lowest BCUT2D eigenvalue weighted by Crippen LogP contribution is -2.53. The van der Waals surface area contributed by atoms with Gasteiger partial charge in [0.15, 0.2) is 0 Å². The van der Waals surface area contributed by atoms with Gasteiger partial charge in [0, 0.05) is 32.7 Å². The number of nitrogens with zero attached hydrogens (tertiary/aromatic N) is 2. The van der Waals surface area contributed by atoms with Crippen molar-refractivity contribution < 1.29 is 13.2 Å². The third-order valence-electron chi connectivity index (χ3n) is 6.14. The molecule has 162 valence electrons. The molecular weight excluding hydrogens is 386 g/mol. The molecule has 2 fully saturated rings. The molecule has 2 aliphatic rings. The van der Waals surface area contributed by atoms with Crippen LogP contribution in [0.15, 0.2) is 24.3 Å². The highest BCUT2D eigenvalue weighted by atomic mass is 32.2. The lowest BCUT2D eigenvalue weighted by Gasteiger charge is -2.39. The van der Waals surface area contributed by atoms with E-state index >= 15 is 0 Å². The Labute approximate surface area is 175 Å². The number of carbonyl (C=O) groups excluding carboxylic acids is 1. The van der Waals surface area contributed by atoms with Crippen LogP contribution in [0, 0.1) is 17.8 Å². The minimum absolute atomic E-state index is 0.0511. The molecule has 3 atom stereocenters. The van der Waals surface area contributed by atoms with Crippen LogP contribution in [0.1, 0.15) is 51.2 Å². The van der Waals surface area contributed by atoms with Crippen LogP contribution in [-0.4, -0.2) is 49.1 Å². The number of hydrogen-bond acceptors (Lipinski definition) is 3. The van der Waals surface area contributed by atoms with Crippen LogP contribution in [0.2, 0.25) is 0 Å². The topological polar surface area (TPSA) is 69.7 Å². The maximum absolute atomic E-state index is 13.2. The van der Waals surface area contributed by atoms with Crippen LogP contribution in [0.25, 0.3) is 0 Å². The molecule has 0 radical (unpaired) electrons. The highest BCUT2D eigenvalue weighted by Gasteiger charge is 2.38. The molecule has 1 aromatic carbocycles. The Morgan fingerprint density at radius 3 is 2.28 bits per heavy atom. The minimum Gasteiger partial charge on any atom is -0.352 e. The van der Waals surface area contributed by atoms with Gasteiger partial charge in [0.25, 0.3) is 10.2 Å². The van der Waals surface area contributed by atoms with Gasteiger partial charge >= 0.3 is 0 Å². The SMILES string of the molecule is CCc1ccc(CNC(=O)[C@@H]2CCCN(S(=O)(=O)N3C[C@@H](C)C[C@H](C)C3)C2)cc1. The molecule has 29 heavy (non-hydrogen) atoms. The van der Waals surface area contributed by atoms with Crippen molar-refractivity contribution in [3.8, 4) is 0 Å². The molecule has 0 unspecified atom stereocenters. The van der Waals surface area contributed by atoms with E-state index in [0.717, 1.165) is 31.2 Å². The number of benzene rings is 1. The molecule has 2 aliphatic heterocycles. The Balaban J connectivity index is 1.58. The largest absolute Gasteiger partial charge is 0.352 e. The molecule has 0 aromatic heterocycles. The van der Waals surface area contributed by atoms with E-state index in [4.69, 9.17) is 0 Å². The highest BCUT2D eigenvalue weighted by molar-refractivity contribution is 7.86. The van der Waals surface area contributed by atoms with E-state index in [0.29, 0.717) is 38.0 Å². The summed E-state index contributed by atoms with van der Waals surface area (Å²) in [4.78, 5) is 12.7. The maximum atomic E-state index is 13.2. The monoisotopic (exact) mass is 421 g/mol. The Hall–Kier alpha value is -1.44. The van der Waals surface area contributed by atoms with E-state index in [1.165, 1.54) is 9.87 Å². The Morgan fingerprint density at radius 1 is 1.03 bits per heavy atom. The van der Waals surface area contributed by atoms with Gasteiger partial charge in [0.1, 0.15) is 0 Å². The van der Waals surface area contributed by atoms with Crippen LogP contribution < -0.4 is 5.32 Å². The zero-order valence-electron chi connectivity index (χ0n) is 17.9.